The van der Waals surface area contributed by atoms with E-state index in [2.05, 4.69) is 36.8 Å². The van der Waals surface area contributed by atoms with Gasteiger partial charge in [0.1, 0.15) is 41.8 Å². The Balaban J connectivity index is 1.01. The topological polar surface area (TPSA) is 278 Å². The maximum atomic E-state index is 14.8. The minimum absolute atomic E-state index is 0.0354. The van der Waals surface area contributed by atoms with Gasteiger partial charge in [0.15, 0.2) is 24.6 Å². The van der Waals surface area contributed by atoms with Crippen LogP contribution in [0.4, 0.5) is 0 Å². The first kappa shape index (κ1) is 109. The number of nitrogens with zero attached hydrogens (tertiary/aromatic N) is 3. The van der Waals surface area contributed by atoms with Crippen molar-refractivity contribution in [2.24, 2.45) is 0 Å². The summed E-state index contributed by atoms with van der Waals surface area (Å²) in [7, 11) is 3.17. The molecule has 0 aliphatic carbocycles. The minimum Gasteiger partial charge on any atom is -0.497 e. The summed E-state index contributed by atoms with van der Waals surface area (Å²) in [6.07, 6.45) is 56.4. The van der Waals surface area contributed by atoms with Gasteiger partial charge in [-0.25, -0.2) is 19.2 Å². The lowest BCUT2D eigenvalue weighted by Crippen LogP contribution is -2.39. The van der Waals surface area contributed by atoms with Crippen molar-refractivity contribution in [3.8, 4) is 34.8 Å². The average Bonchev–Trinajstić information content (AvgIpc) is 1.67. The number of carbonyl (C=O) groups is 2. The Labute approximate surface area is 793 Å². The Hall–Kier alpha value is -7.88. The van der Waals surface area contributed by atoms with Crippen LogP contribution in [0.15, 0.2) is 123 Å². The van der Waals surface area contributed by atoms with Crippen molar-refractivity contribution in [3.05, 3.63) is 178 Å². The predicted octanol–water partition coefficient (Wildman–Crippen LogP) is 25.6. The maximum absolute atomic E-state index is 14.8. The van der Waals surface area contributed by atoms with Gasteiger partial charge in [-0.2, -0.15) is 5.26 Å². The van der Waals surface area contributed by atoms with E-state index in [1.165, 1.54) is 259 Å². The number of methoxy groups -OCH3 is 2. The zero-order valence-corrected chi connectivity index (χ0v) is 83.0. The van der Waals surface area contributed by atoms with Crippen LogP contribution >= 0.6 is 6.49 Å². The zero-order valence-electron chi connectivity index (χ0n) is 81.3. The number of nitrogens with one attached hydrogen (secondary N) is 2. The van der Waals surface area contributed by atoms with E-state index in [4.69, 9.17) is 68.2 Å². The van der Waals surface area contributed by atoms with Crippen molar-refractivity contribution in [1.29, 1.82) is 5.26 Å². The van der Waals surface area contributed by atoms with Crippen LogP contribution < -0.4 is 46.2 Å². The SMILES string of the molecule is CCCCCCCCCCCCCCCCCCOc1cc(C(=O)OCC(=O)O[C@H]2C[C@H](n3cc(C)c(=O)[nH]c3=O)O[C@@H]2COP(=S)(OCCC#N)[C@H]2C[C@H](n3cc(C)c(=O)[nH]c3=O)O[C@@H]2COC(c2ccccc2)(c2ccc(OC)cc2)c2ccc(OC)cc2)cc(OCCCCCCCCCCCCCCCCCC)c1OCCCCCCCCCCCCCCCCCC. The monoisotopic (exact) mass is 1870 g/mol. The number of rotatable bonds is 75. The van der Waals surface area contributed by atoms with E-state index >= 15 is 0 Å². The van der Waals surface area contributed by atoms with Gasteiger partial charge in [0.25, 0.3) is 11.1 Å². The van der Waals surface area contributed by atoms with Gasteiger partial charge in [-0.05, 0) is 98.0 Å². The number of benzene rings is 4. The molecule has 0 spiro atoms. The van der Waals surface area contributed by atoms with Crippen LogP contribution in [0.2, 0.25) is 0 Å². The quantitative estimate of drug-likeness (QED) is 0.0155. The number of hydrogen-bond donors (Lipinski definition) is 2. The van der Waals surface area contributed by atoms with Gasteiger partial charge in [0, 0.05) is 36.4 Å². The molecule has 0 bridgehead atoms. The number of aryl methyl sites for hydroxylation is 2. The summed E-state index contributed by atoms with van der Waals surface area (Å²) < 4.78 is 80.8. The lowest BCUT2D eigenvalue weighted by Gasteiger charge is -2.38. The number of aromatic nitrogens is 4. The van der Waals surface area contributed by atoms with E-state index in [0.717, 1.165) is 76.2 Å². The molecule has 2 aliphatic heterocycles. The number of aromatic amines is 2. The zero-order chi connectivity index (χ0) is 94.1. The number of carbonyl (C=O) groups excluding carboxylic acids is 2. The number of esters is 2. The summed E-state index contributed by atoms with van der Waals surface area (Å²) >= 11 is 6.69. The molecule has 6 aromatic rings. The first-order chi connectivity index (χ1) is 64.5. The third-order valence-corrected chi connectivity index (χ3v) is 29.7. The lowest BCUT2D eigenvalue weighted by atomic mass is 9.80. The molecular weight excluding hydrogens is 1710 g/mol. The second kappa shape index (κ2) is 64.2. The van der Waals surface area contributed by atoms with Gasteiger partial charge < -0.3 is 56.4 Å². The van der Waals surface area contributed by atoms with E-state index < -0.39 is 96.2 Å². The van der Waals surface area contributed by atoms with E-state index in [0.29, 0.717) is 59.7 Å². The summed E-state index contributed by atoms with van der Waals surface area (Å²) in [5.74, 6) is 0.555. The second-order valence-electron chi connectivity index (χ2n) is 36.5. The number of ether oxygens (including phenoxy) is 10. The molecule has 2 aromatic heterocycles. The van der Waals surface area contributed by atoms with Crippen LogP contribution in [0.5, 0.6) is 28.7 Å². The molecule has 0 saturated carbocycles. The van der Waals surface area contributed by atoms with Crippen molar-refractivity contribution in [1.82, 2.24) is 19.1 Å². The van der Waals surface area contributed by atoms with E-state index in [9.17, 15) is 34.0 Å². The minimum atomic E-state index is -3.92. The number of H-pyrrole nitrogens is 2. The summed E-state index contributed by atoms with van der Waals surface area (Å²) in [5, 5.41) is 10.1. The largest absolute Gasteiger partial charge is 0.497 e. The molecule has 2 N–H and O–H groups in total. The van der Waals surface area contributed by atoms with Gasteiger partial charge >= 0.3 is 23.3 Å². The van der Waals surface area contributed by atoms with Crippen molar-refractivity contribution < 1.29 is 66.0 Å². The molecule has 25 heteroatoms. The van der Waals surface area contributed by atoms with E-state index in [-0.39, 0.29) is 49.2 Å². The smallest absolute Gasteiger partial charge is 0.344 e. The van der Waals surface area contributed by atoms with Crippen molar-refractivity contribution >= 4 is 30.2 Å². The molecule has 4 aromatic carbocycles. The highest BCUT2D eigenvalue weighted by atomic mass is 32.5. The predicted molar refractivity (Wildman–Crippen MR) is 529 cm³/mol. The fourth-order valence-corrected chi connectivity index (χ4v) is 21.2. The molecule has 23 nitrogen and oxygen atoms in total. The number of hydrogen-bond acceptors (Lipinski definition) is 20. The molecule has 0 amide bonds. The van der Waals surface area contributed by atoms with Gasteiger partial charge in [0.05, 0.1) is 83.7 Å². The van der Waals surface area contributed by atoms with Crippen LogP contribution in [-0.2, 0) is 54.9 Å². The molecule has 734 valence electrons. The average molecular weight is 1870 g/mol. The normalized spacial score (nSPS) is 16.6. The molecular formula is C107H162N5O18PS. The number of unbranched alkanes of at least 4 members (excludes halogenated alkanes) is 45. The Kier molecular flexibility index (Phi) is 53.2. The molecule has 1 unspecified atom stereocenters. The molecule has 7 atom stereocenters. The van der Waals surface area contributed by atoms with Gasteiger partial charge in [-0.15, -0.1) is 0 Å². The summed E-state index contributed by atoms with van der Waals surface area (Å²) in [6.45, 7) is 5.45. The molecule has 0 radical (unpaired) electrons. The molecule has 2 fully saturated rings. The standard InChI is InChI=1S/C107H162N5O18PS/c1-8-11-14-17-20-23-26-29-32-35-38-41-44-47-50-56-71-121-93-75-86(76-94(122-72-57-51-48-45-42-39-36-33-30-27-24-21-18-15-12-9-2)101(93)123-73-58-52-49-46-43-40-37-34-31-28-25-22-19-16-13-10-3)104(116)124-83-100(113)130-92-77-98(111-79-84(4)102(114)109-105(111)117)128-95(92)82-127-131(132,126-74-59-70-108)97-78-99(112-80-85(5)103(115)110-106(112)118)129-96(97)81-125-107(87-60-54-53-55-61-87,88-62-66-90(119-6)67-63-88)89-64-68-91(120-7)69-65-89/h53-55,60-69,75-76,79-80,92,95-99H,8-52,56-59,71-74,77-78,81-83H2,1-7H3,(H,109,114,117)(H,110,115,118)/t92-,95+,96+,97-,98+,99+,131?/m0/s1. The fraction of sp³-hybridized carbons (Fsp3) is 0.673. The molecule has 4 heterocycles. The molecule has 2 aliphatic rings. The van der Waals surface area contributed by atoms with Crippen LogP contribution in [0.1, 0.15) is 399 Å². The highest BCUT2D eigenvalue weighted by Crippen LogP contribution is 2.61. The van der Waals surface area contributed by atoms with E-state index in [1.54, 1.807) is 40.2 Å². The van der Waals surface area contributed by atoms with Crippen LogP contribution in [0, 0.1) is 25.2 Å². The lowest BCUT2D eigenvalue weighted by molar-refractivity contribution is -0.156. The fourth-order valence-electron chi connectivity index (χ4n) is 18.0. The highest BCUT2D eigenvalue weighted by molar-refractivity contribution is 8.10. The highest BCUT2D eigenvalue weighted by Gasteiger charge is 2.50. The Bertz CT molecular complexity index is 4420. The van der Waals surface area contributed by atoms with E-state index in [1.807, 2.05) is 78.9 Å². The van der Waals surface area contributed by atoms with Gasteiger partial charge in [-0.1, -0.05) is 364 Å². The number of nitriles is 1. The van der Waals surface area contributed by atoms with Crippen LogP contribution in [0.3, 0.4) is 0 Å². The van der Waals surface area contributed by atoms with Gasteiger partial charge in [0.2, 0.25) is 5.75 Å². The third-order valence-electron chi connectivity index (χ3n) is 25.9. The summed E-state index contributed by atoms with van der Waals surface area (Å²) in [5.41, 5.74) is -2.38. The molecule has 132 heavy (non-hydrogen) atoms. The summed E-state index contributed by atoms with van der Waals surface area (Å²) in [4.78, 5) is 87.7. The van der Waals surface area contributed by atoms with Crippen molar-refractivity contribution in [2.75, 3.05) is 60.5 Å². The molecule has 2 saturated heterocycles. The van der Waals surface area contributed by atoms with Crippen LogP contribution in [-0.4, -0.2) is 115 Å². The van der Waals surface area contributed by atoms with Gasteiger partial charge in [-0.3, -0.25) is 28.7 Å². The summed E-state index contributed by atoms with van der Waals surface area (Å²) in [6, 6.07) is 30.0. The Morgan fingerprint density at radius 2 is 0.826 bits per heavy atom. The second-order valence-corrected chi connectivity index (χ2v) is 40.3. The third kappa shape index (κ3) is 38.4. The molecule has 8 rings (SSSR count). The van der Waals surface area contributed by atoms with Crippen LogP contribution in [0.25, 0.3) is 0 Å². The first-order valence-corrected chi connectivity index (χ1v) is 53.8. The Morgan fingerprint density at radius 1 is 0.462 bits per heavy atom. The van der Waals surface area contributed by atoms with Crippen molar-refractivity contribution in [2.45, 2.75) is 404 Å². The van der Waals surface area contributed by atoms with Crippen molar-refractivity contribution in [3.63, 3.8) is 0 Å². The first-order valence-electron chi connectivity index (χ1n) is 51.1. The Morgan fingerprint density at radius 3 is 1.21 bits per heavy atom. The maximum Gasteiger partial charge on any atom is 0.344 e.